The van der Waals surface area contributed by atoms with Crippen LogP contribution in [0.15, 0.2) is 30.3 Å². The average Bonchev–Trinajstić information content (AvgIpc) is 2.98. The Kier molecular flexibility index (Phi) is 5.36. The first-order valence-electron chi connectivity index (χ1n) is 8.36. The summed E-state index contributed by atoms with van der Waals surface area (Å²) in [6.45, 7) is 2.12. The summed E-state index contributed by atoms with van der Waals surface area (Å²) >= 11 is 0. The normalized spacial score (nSPS) is 18.3. The highest BCUT2D eigenvalue weighted by Crippen LogP contribution is 2.21. The van der Waals surface area contributed by atoms with Crippen LogP contribution < -0.4 is 5.32 Å². The van der Waals surface area contributed by atoms with Crippen LogP contribution in [0, 0.1) is 11.6 Å². The lowest BCUT2D eigenvalue weighted by molar-refractivity contribution is 0.0701. The largest absolute Gasteiger partial charge is 0.336 e. The smallest absolute Gasteiger partial charge is 0.274 e. The summed E-state index contributed by atoms with van der Waals surface area (Å²) in [5.41, 5.74) is 0.0856. The van der Waals surface area contributed by atoms with E-state index in [-0.39, 0.29) is 34.7 Å². The van der Waals surface area contributed by atoms with E-state index in [9.17, 15) is 22.0 Å². The van der Waals surface area contributed by atoms with Gasteiger partial charge in [0.25, 0.3) is 5.91 Å². The van der Waals surface area contributed by atoms with Gasteiger partial charge in [0, 0.05) is 18.7 Å². The molecule has 1 atom stereocenters. The molecule has 0 spiro atoms. The van der Waals surface area contributed by atoms with Crippen LogP contribution in [0.3, 0.4) is 0 Å². The van der Waals surface area contributed by atoms with Crippen molar-refractivity contribution in [2.24, 2.45) is 0 Å². The zero-order chi connectivity index (χ0) is 19.6. The van der Waals surface area contributed by atoms with Crippen molar-refractivity contribution in [3.8, 4) is 0 Å². The fourth-order valence-electron chi connectivity index (χ4n) is 2.98. The molecule has 10 heteroatoms. The first kappa shape index (κ1) is 19.2. The minimum Gasteiger partial charge on any atom is -0.336 e. The van der Waals surface area contributed by atoms with E-state index in [4.69, 9.17) is 0 Å². The predicted octanol–water partition coefficient (Wildman–Crippen LogP) is 2.15. The van der Waals surface area contributed by atoms with Gasteiger partial charge >= 0.3 is 0 Å². The van der Waals surface area contributed by atoms with E-state index in [1.165, 1.54) is 23.1 Å². The fraction of sp³-hybridized carbons (Fsp3) is 0.353. The molecule has 1 unspecified atom stereocenters. The van der Waals surface area contributed by atoms with Gasteiger partial charge in [-0.05, 0) is 37.6 Å². The highest BCUT2D eigenvalue weighted by Gasteiger charge is 2.34. The number of halogens is 2. The number of nitrogens with zero attached hydrogens (tertiary/aromatic N) is 3. The Morgan fingerprint density at radius 3 is 2.59 bits per heavy atom. The van der Waals surface area contributed by atoms with Crippen LogP contribution in [0.5, 0.6) is 0 Å². The molecule has 1 saturated heterocycles. The molecule has 1 amide bonds. The second-order valence-corrected chi connectivity index (χ2v) is 8.43. The molecule has 144 valence electrons. The number of rotatable bonds is 5. The van der Waals surface area contributed by atoms with Crippen LogP contribution in [0.4, 0.5) is 20.3 Å². The molecule has 7 nitrogen and oxygen atoms in total. The van der Waals surface area contributed by atoms with Gasteiger partial charge in [-0.1, -0.05) is 0 Å². The molecular formula is C17H18F2N4O3S. The maximum absolute atomic E-state index is 13.7. The van der Waals surface area contributed by atoms with Gasteiger partial charge in [0.1, 0.15) is 11.6 Å². The Labute approximate surface area is 155 Å². The van der Waals surface area contributed by atoms with E-state index in [2.05, 4.69) is 15.5 Å². The summed E-state index contributed by atoms with van der Waals surface area (Å²) in [6.07, 6.45) is 0.402. The van der Waals surface area contributed by atoms with Crippen LogP contribution in [0.1, 0.15) is 23.8 Å². The molecule has 27 heavy (non-hydrogen) atoms. The van der Waals surface area contributed by atoms with E-state index >= 15 is 0 Å². The van der Waals surface area contributed by atoms with E-state index < -0.39 is 27.4 Å². The molecule has 1 aromatic heterocycles. The maximum Gasteiger partial charge on any atom is 0.274 e. The predicted molar refractivity (Wildman–Crippen MR) is 95.4 cm³/mol. The molecule has 0 aliphatic carbocycles. The van der Waals surface area contributed by atoms with Gasteiger partial charge in [0.05, 0.1) is 17.2 Å². The second kappa shape index (κ2) is 7.55. The van der Waals surface area contributed by atoms with E-state index in [1.807, 2.05) is 0 Å². The van der Waals surface area contributed by atoms with Crippen LogP contribution in [-0.4, -0.2) is 53.5 Å². The van der Waals surface area contributed by atoms with Crippen molar-refractivity contribution in [1.29, 1.82) is 0 Å². The maximum atomic E-state index is 13.7. The summed E-state index contributed by atoms with van der Waals surface area (Å²) in [7, 11) is -3.12. The quantitative estimate of drug-likeness (QED) is 0.833. The third kappa shape index (κ3) is 4.38. The standard InChI is InChI=1S/C17H18F2N4O3S/c1-2-23(12-7-8-27(25,26)10-12)17(24)15-5-6-16(22-21-15)20-14-4-3-11(18)9-13(14)19/h3-6,9,12H,2,7-8,10H2,1H3,(H,20,22). The van der Waals surface area contributed by atoms with Gasteiger partial charge in [-0.15, -0.1) is 10.2 Å². The molecular weight excluding hydrogens is 378 g/mol. The minimum atomic E-state index is -3.12. The van der Waals surface area contributed by atoms with E-state index in [0.717, 1.165) is 12.1 Å². The molecule has 0 saturated carbocycles. The average molecular weight is 396 g/mol. The summed E-state index contributed by atoms with van der Waals surface area (Å²) < 4.78 is 49.9. The fourth-order valence-corrected chi connectivity index (χ4v) is 4.71. The van der Waals surface area contributed by atoms with Gasteiger partial charge in [-0.2, -0.15) is 0 Å². The number of carbonyl (C=O) groups excluding carboxylic acids is 1. The molecule has 1 aliphatic rings. The third-order valence-electron chi connectivity index (χ3n) is 4.33. The lowest BCUT2D eigenvalue weighted by Gasteiger charge is -2.26. The summed E-state index contributed by atoms with van der Waals surface area (Å²) in [6, 6.07) is 5.56. The highest BCUT2D eigenvalue weighted by molar-refractivity contribution is 7.91. The van der Waals surface area contributed by atoms with Crippen molar-refractivity contribution in [3.63, 3.8) is 0 Å². The molecule has 1 N–H and O–H groups in total. The number of carbonyl (C=O) groups is 1. The monoisotopic (exact) mass is 396 g/mol. The number of aromatic nitrogens is 2. The number of hydrogen-bond acceptors (Lipinski definition) is 6. The number of sulfone groups is 1. The van der Waals surface area contributed by atoms with Gasteiger partial charge in [-0.3, -0.25) is 4.79 Å². The van der Waals surface area contributed by atoms with Crippen LogP contribution in [0.2, 0.25) is 0 Å². The molecule has 2 heterocycles. The molecule has 1 fully saturated rings. The zero-order valence-corrected chi connectivity index (χ0v) is 15.3. The minimum absolute atomic E-state index is 0.0242. The van der Waals surface area contributed by atoms with Crippen molar-refractivity contribution < 1.29 is 22.0 Å². The van der Waals surface area contributed by atoms with Crippen LogP contribution >= 0.6 is 0 Å². The van der Waals surface area contributed by atoms with Crippen molar-refractivity contribution in [2.45, 2.75) is 19.4 Å². The Balaban J connectivity index is 1.73. The van der Waals surface area contributed by atoms with Crippen molar-refractivity contribution in [1.82, 2.24) is 15.1 Å². The molecule has 1 aliphatic heterocycles. The number of anilines is 2. The summed E-state index contributed by atoms with van der Waals surface area (Å²) in [5.74, 6) is -1.69. The number of amides is 1. The van der Waals surface area contributed by atoms with E-state index in [0.29, 0.717) is 13.0 Å². The van der Waals surface area contributed by atoms with Gasteiger partial charge in [-0.25, -0.2) is 17.2 Å². The molecule has 0 bridgehead atoms. The third-order valence-corrected chi connectivity index (χ3v) is 6.08. The van der Waals surface area contributed by atoms with Gasteiger partial charge in [0.2, 0.25) is 0 Å². The van der Waals surface area contributed by atoms with Crippen LogP contribution in [0.25, 0.3) is 0 Å². The summed E-state index contributed by atoms with van der Waals surface area (Å²) in [4.78, 5) is 14.1. The number of hydrogen-bond donors (Lipinski definition) is 1. The Morgan fingerprint density at radius 1 is 1.26 bits per heavy atom. The molecule has 0 radical (unpaired) electrons. The van der Waals surface area contributed by atoms with Crippen LogP contribution in [-0.2, 0) is 9.84 Å². The second-order valence-electron chi connectivity index (χ2n) is 6.20. The topological polar surface area (TPSA) is 92.3 Å². The first-order chi connectivity index (χ1) is 12.8. The Bertz CT molecular complexity index is 951. The Hall–Kier alpha value is -2.62. The zero-order valence-electron chi connectivity index (χ0n) is 14.5. The SMILES string of the molecule is CCN(C(=O)c1ccc(Nc2ccc(F)cc2F)nn1)C1CCS(=O)(=O)C1. The van der Waals surface area contributed by atoms with Crippen molar-refractivity contribution in [2.75, 3.05) is 23.4 Å². The Morgan fingerprint density at radius 2 is 2.04 bits per heavy atom. The molecule has 1 aromatic carbocycles. The van der Waals surface area contributed by atoms with Crippen molar-refractivity contribution >= 4 is 27.2 Å². The first-order valence-corrected chi connectivity index (χ1v) is 10.2. The number of benzene rings is 1. The summed E-state index contributed by atoms with van der Waals surface area (Å²) in [5, 5.41) is 10.3. The number of nitrogens with one attached hydrogen (secondary N) is 1. The van der Waals surface area contributed by atoms with Gasteiger partial charge in [0.15, 0.2) is 21.3 Å². The van der Waals surface area contributed by atoms with E-state index in [1.54, 1.807) is 6.92 Å². The highest BCUT2D eigenvalue weighted by atomic mass is 32.2. The molecule has 2 aromatic rings. The van der Waals surface area contributed by atoms with Crippen molar-refractivity contribution in [3.05, 3.63) is 47.7 Å². The lowest BCUT2D eigenvalue weighted by atomic mass is 10.2. The lowest BCUT2D eigenvalue weighted by Crippen LogP contribution is -2.41. The molecule has 3 rings (SSSR count). The van der Waals surface area contributed by atoms with Gasteiger partial charge < -0.3 is 10.2 Å².